The number of hydrogen-bond acceptors (Lipinski definition) is 4. The third-order valence-corrected chi connectivity index (χ3v) is 3.12. The van der Waals surface area contributed by atoms with Crippen LogP contribution in [0.1, 0.15) is 15.9 Å². The van der Waals surface area contributed by atoms with Gasteiger partial charge in [0.05, 0.1) is 21.2 Å². The Morgan fingerprint density at radius 1 is 1.29 bits per heavy atom. The van der Waals surface area contributed by atoms with Crippen LogP contribution in [-0.2, 0) is 0 Å². The highest BCUT2D eigenvalue weighted by atomic mass is 35.5. The van der Waals surface area contributed by atoms with Crippen molar-refractivity contribution in [3.63, 3.8) is 0 Å². The van der Waals surface area contributed by atoms with Gasteiger partial charge in [-0.2, -0.15) is 0 Å². The molecule has 2 rings (SSSR count). The van der Waals surface area contributed by atoms with Crippen molar-refractivity contribution >= 4 is 28.9 Å². The van der Waals surface area contributed by atoms with E-state index in [-0.39, 0.29) is 27.7 Å². The van der Waals surface area contributed by atoms with Crippen molar-refractivity contribution in [2.75, 3.05) is 5.32 Å². The molecule has 21 heavy (non-hydrogen) atoms. The van der Waals surface area contributed by atoms with Crippen LogP contribution in [0.4, 0.5) is 11.4 Å². The number of nitrogens with one attached hydrogen (secondary N) is 1. The highest BCUT2D eigenvalue weighted by Gasteiger charge is 2.16. The average molecular weight is 307 g/mol. The van der Waals surface area contributed by atoms with Gasteiger partial charge in [-0.05, 0) is 30.7 Å². The highest BCUT2D eigenvalue weighted by molar-refractivity contribution is 6.34. The minimum Gasteiger partial charge on any atom is -0.506 e. The van der Waals surface area contributed by atoms with Gasteiger partial charge < -0.3 is 10.4 Å². The Hall–Kier alpha value is -2.60. The number of phenols is 1. The van der Waals surface area contributed by atoms with E-state index in [2.05, 4.69) is 5.32 Å². The van der Waals surface area contributed by atoms with Crippen LogP contribution in [0.15, 0.2) is 36.4 Å². The van der Waals surface area contributed by atoms with Gasteiger partial charge >= 0.3 is 0 Å². The summed E-state index contributed by atoms with van der Waals surface area (Å²) >= 11 is 5.87. The monoisotopic (exact) mass is 306 g/mol. The summed E-state index contributed by atoms with van der Waals surface area (Å²) < 4.78 is 0. The summed E-state index contributed by atoms with van der Waals surface area (Å²) in [7, 11) is 0. The van der Waals surface area contributed by atoms with Crippen LogP contribution in [0, 0.1) is 17.0 Å². The minimum absolute atomic E-state index is 0.0340. The fourth-order valence-corrected chi connectivity index (χ4v) is 2.00. The highest BCUT2D eigenvalue weighted by Crippen LogP contribution is 2.27. The number of benzene rings is 2. The van der Waals surface area contributed by atoms with E-state index in [0.29, 0.717) is 0 Å². The SMILES string of the molecule is Cc1ccc(NC(=O)c2ccc([N+](=O)[O-])cc2Cl)c(O)c1. The molecule has 0 saturated carbocycles. The molecular formula is C14H11ClN2O4. The zero-order chi connectivity index (χ0) is 15.6. The van der Waals surface area contributed by atoms with Gasteiger partial charge in [-0.1, -0.05) is 17.7 Å². The minimum atomic E-state index is -0.598. The first-order valence-electron chi connectivity index (χ1n) is 5.93. The Kier molecular flexibility index (Phi) is 4.09. The number of nitro benzene ring substituents is 1. The number of carbonyl (C=O) groups excluding carboxylic acids is 1. The summed E-state index contributed by atoms with van der Waals surface area (Å²) in [6.07, 6.45) is 0. The summed E-state index contributed by atoms with van der Waals surface area (Å²) in [4.78, 5) is 22.1. The molecule has 0 atom stereocenters. The van der Waals surface area contributed by atoms with Gasteiger partial charge in [-0.15, -0.1) is 0 Å². The van der Waals surface area contributed by atoms with E-state index < -0.39 is 10.8 Å². The molecule has 0 fully saturated rings. The molecule has 6 nitrogen and oxygen atoms in total. The number of rotatable bonds is 3. The van der Waals surface area contributed by atoms with Crippen molar-refractivity contribution < 1.29 is 14.8 Å². The number of amides is 1. The van der Waals surface area contributed by atoms with E-state index in [1.807, 2.05) is 0 Å². The van der Waals surface area contributed by atoms with E-state index in [1.54, 1.807) is 19.1 Å². The number of hydrogen-bond donors (Lipinski definition) is 2. The van der Waals surface area contributed by atoms with Crippen LogP contribution in [0.2, 0.25) is 5.02 Å². The number of nitro groups is 1. The molecule has 2 aromatic carbocycles. The van der Waals surface area contributed by atoms with E-state index in [0.717, 1.165) is 11.6 Å². The van der Waals surface area contributed by atoms with Crippen LogP contribution >= 0.6 is 11.6 Å². The zero-order valence-corrected chi connectivity index (χ0v) is 11.7. The Morgan fingerprint density at radius 3 is 2.57 bits per heavy atom. The fraction of sp³-hybridized carbons (Fsp3) is 0.0714. The van der Waals surface area contributed by atoms with Crippen LogP contribution in [0.3, 0.4) is 0 Å². The molecule has 7 heteroatoms. The summed E-state index contributed by atoms with van der Waals surface area (Å²) in [6, 6.07) is 8.35. The summed E-state index contributed by atoms with van der Waals surface area (Å²) in [5.41, 5.74) is 0.968. The number of aryl methyl sites for hydroxylation is 1. The standard InChI is InChI=1S/C14H11ClN2O4/c1-8-2-5-12(13(18)6-8)16-14(19)10-4-3-9(17(20)21)7-11(10)15/h2-7,18H,1H3,(H,16,19). The van der Waals surface area contributed by atoms with Gasteiger partial charge in [-0.25, -0.2) is 0 Å². The van der Waals surface area contributed by atoms with Crippen molar-refractivity contribution in [1.82, 2.24) is 0 Å². The second kappa shape index (κ2) is 5.80. The van der Waals surface area contributed by atoms with Crippen molar-refractivity contribution in [2.45, 2.75) is 6.92 Å². The zero-order valence-electron chi connectivity index (χ0n) is 11.0. The molecule has 0 aliphatic rings. The lowest BCUT2D eigenvalue weighted by Crippen LogP contribution is -2.12. The van der Waals surface area contributed by atoms with E-state index >= 15 is 0 Å². The third-order valence-electron chi connectivity index (χ3n) is 2.81. The molecule has 0 aliphatic carbocycles. The average Bonchev–Trinajstić information content (AvgIpc) is 2.41. The molecule has 108 valence electrons. The molecule has 0 bridgehead atoms. The van der Waals surface area contributed by atoms with Crippen LogP contribution < -0.4 is 5.32 Å². The maximum Gasteiger partial charge on any atom is 0.270 e. The second-order valence-electron chi connectivity index (χ2n) is 4.40. The van der Waals surface area contributed by atoms with Gasteiger partial charge in [0.15, 0.2) is 0 Å². The largest absolute Gasteiger partial charge is 0.506 e. The quantitative estimate of drug-likeness (QED) is 0.515. The number of aromatic hydroxyl groups is 1. The smallest absolute Gasteiger partial charge is 0.270 e. The summed E-state index contributed by atoms with van der Waals surface area (Å²) in [5.74, 6) is -0.629. The van der Waals surface area contributed by atoms with Crippen LogP contribution in [0.25, 0.3) is 0 Å². The molecule has 1 amide bonds. The molecule has 0 heterocycles. The van der Waals surface area contributed by atoms with Gasteiger partial charge in [0, 0.05) is 12.1 Å². The van der Waals surface area contributed by atoms with E-state index in [4.69, 9.17) is 11.6 Å². The second-order valence-corrected chi connectivity index (χ2v) is 4.80. The Bertz CT molecular complexity index is 731. The van der Waals surface area contributed by atoms with Crippen molar-refractivity contribution in [3.05, 3.63) is 62.7 Å². The van der Waals surface area contributed by atoms with E-state index in [9.17, 15) is 20.0 Å². The van der Waals surface area contributed by atoms with E-state index in [1.165, 1.54) is 18.2 Å². The molecule has 0 aromatic heterocycles. The summed E-state index contributed by atoms with van der Waals surface area (Å²) in [6.45, 7) is 1.80. The topological polar surface area (TPSA) is 92.5 Å². The molecule has 2 N–H and O–H groups in total. The molecule has 0 radical (unpaired) electrons. The first-order chi connectivity index (χ1) is 9.88. The molecule has 0 saturated heterocycles. The Balaban J connectivity index is 2.26. The van der Waals surface area contributed by atoms with Gasteiger partial charge in [0.2, 0.25) is 0 Å². The molecule has 0 unspecified atom stereocenters. The lowest BCUT2D eigenvalue weighted by molar-refractivity contribution is -0.384. The first kappa shape index (κ1) is 14.8. The predicted octanol–water partition coefficient (Wildman–Crippen LogP) is 3.51. The van der Waals surface area contributed by atoms with Crippen molar-refractivity contribution in [2.24, 2.45) is 0 Å². The van der Waals surface area contributed by atoms with Gasteiger partial charge in [0.25, 0.3) is 11.6 Å². The van der Waals surface area contributed by atoms with Crippen LogP contribution in [-0.4, -0.2) is 15.9 Å². The molecule has 0 spiro atoms. The Morgan fingerprint density at radius 2 is 2.00 bits per heavy atom. The number of halogens is 1. The summed E-state index contributed by atoms with van der Waals surface area (Å²) in [5, 5.41) is 22.8. The van der Waals surface area contributed by atoms with Gasteiger partial charge in [0.1, 0.15) is 5.75 Å². The van der Waals surface area contributed by atoms with Crippen molar-refractivity contribution in [1.29, 1.82) is 0 Å². The number of nitrogens with zero attached hydrogens (tertiary/aromatic N) is 1. The fourth-order valence-electron chi connectivity index (χ4n) is 1.74. The maximum absolute atomic E-state index is 12.1. The molecule has 2 aromatic rings. The molecule has 0 aliphatic heterocycles. The predicted molar refractivity (Wildman–Crippen MR) is 78.9 cm³/mol. The lowest BCUT2D eigenvalue weighted by Gasteiger charge is -2.09. The maximum atomic E-state index is 12.1. The number of carbonyl (C=O) groups is 1. The number of anilines is 1. The van der Waals surface area contributed by atoms with Gasteiger partial charge in [-0.3, -0.25) is 14.9 Å². The van der Waals surface area contributed by atoms with Crippen LogP contribution in [0.5, 0.6) is 5.75 Å². The van der Waals surface area contributed by atoms with Crippen molar-refractivity contribution in [3.8, 4) is 5.75 Å². The lowest BCUT2D eigenvalue weighted by atomic mass is 10.1. The Labute approximate surface area is 125 Å². The normalized spacial score (nSPS) is 10.2. The molecular weight excluding hydrogens is 296 g/mol. The number of phenolic OH excluding ortho intramolecular Hbond substituents is 1. The third kappa shape index (κ3) is 3.29. The first-order valence-corrected chi connectivity index (χ1v) is 6.31. The number of non-ortho nitro benzene ring substituents is 1.